The van der Waals surface area contributed by atoms with E-state index in [2.05, 4.69) is 34.6 Å². The van der Waals surface area contributed by atoms with Crippen LogP contribution in [0.1, 0.15) is 15.9 Å². The van der Waals surface area contributed by atoms with Crippen LogP contribution in [0.25, 0.3) is 10.9 Å². The van der Waals surface area contributed by atoms with Crippen LogP contribution in [0.4, 0.5) is 5.69 Å². The number of carbonyl (C=O) groups is 1. The van der Waals surface area contributed by atoms with Gasteiger partial charge in [-0.2, -0.15) is 0 Å². The molecule has 0 atom stereocenters. The van der Waals surface area contributed by atoms with E-state index in [1.807, 2.05) is 59.8 Å². The second-order valence-electron chi connectivity index (χ2n) is 5.90. The molecule has 4 nitrogen and oxygen atoms in total. The Bertz CT molecular complexity index is 1030. The zero-order valence-corrected chi connectivity index (χ0v) is 14.5. The number of fused-ring (bicyclic) bond motifs is 1. The number of anilines is 1. The lowest BCUT2D eigenvalue weighted by atomic mass is 10.2. The topological polar surface area (TPSA) is 49.8 Å². The molecule has 124 valence electrons. The minimum absolute atomic E-state index is 0.107. The highest BCUT2D eigenvalue weighted by Gasteiger charge is 2.09. The maximum Gasteiger partial charge on any atom is 0.257 e. The molecule has 1 amide bonds. The van der Waals surface area contributed by atoms with Gasteiger partial charge in [-0.15, -0.1) is 0 Å². The molecule has 4 aromatic rings. The second-order valence-corrected chi connectivity index (χ2v) is 6.97. The first-order chi connectivity index (χ1) is 12.2. The molecule has 2 aromatic heterocycles. The number of aromatic amines is 1. The van der Waals surface area contributed by atoms with Gasteiger partial charge >= 0.3 is 0 Å². The fourth-order valence-corrected chi connectivity index (χ4v) is 3.46. The van der Waals surface area contributed by atoms with Gasteiger partial charge in [0.1, 0.15) is 0 Å². The van der Waals surface area contributed by atoms with Crippen LogP contribution >= 0.6 is 11.9 Å². The number of amides is 1. The molecule has 0 saturated heterocycles. The van der Waals surface area contributed by atoms with Gasteiger partial charge in [0, 0.05) is 40.1 Å². The summed E-state index contributed by atoms with van der Waals surface area (Å²) >= 11 is 1.58. The van der Waals surface area contributed by atoms with Gasteiger partial charge in [-0.25, -0.2) is 0 Å². The van der Waals surface area contributed by atoms with E-state index in [4.69, 9.17) is 0 Å². The third kappa shape index (κ3) is 3.46. The largest absolute Gasteiger partial charge is 0.361 e. The number of nitrogens with one attached hydrogen (secondary N) is 2. The monoisotopic (exact) mass is 347 g/mol. The highest BCUT2D eigenvalue weighted by molar-refractivity contribution is 7.97. The predicted octanol–water partition coefficient (Wildman–Crippen LogP) is 5.09. The summed E-state index contributed by atoms with van der Waals surface area (Å²) < 4.78 is 1.94. The summed E-state index contributed by atoms with van der Waals surface area (Å²) in [5.74, 6) is -0.107. The molecule has 0 unspecified atom stereocenters. The average Bonchev–Trinajstić information content (AvgIpc) is 3.26. The standard InChI is InChI=1S/C20H17N3OS/c1-14-2-4-17(5-3-14)22-20(24)16-9-11-23(13-16)25-18-6-7-19-15(12-18)8-10-21-19/h2-13,21H,1H3,(H,22,24). The Hall–Kier alpha value is -2.92. The number of hydrogen-bond acceptors (Lipinski definition) is 2. The van der Waals surface area contributed by atoms with E-state index in [-0.39, 0.29) is 5.91 Å². The summed E-state index contributed by atoms with van der Waals surface area (Å²) in [5, 5.41) is 4.09. The highest BCUT2D eigenvalue weighted by atomic mass is 32.2. The summed E-state index contributed by atoms with van der Waals surface area (Å²) in [5.41, 5.74) is 3.72. The first-order valence-electron chi connectivity index (χ1n) is 7.99. The van der Waals surface area contributed by atoms with Gasteiger partial charge in [0.05, 0.1) is 5.56 Å². The highest BCUT2D eigenvalue weighted by Crippen LogP contribution is 2.25. The molecule has 0 aliphatic heterocycles. The SMILES string of the molecule is Cc1ccc(NC(=O)c2ccn(Sc3ccc4[nH]ccc4c3)c2)cc1. The number of H-pyrrole nitrogens is 1. The van der Waals surface area contributed by atoms with E-state index in [9.17, 15) is 4.79 Å². The van der Waals surface area contributed by atoms with Gasteiger partial charge in [0.25, 0.3) is 5.91 Å². The molecule has 0 saturated carbocycles. The van der Waals surface area contributed by atoms with E-state index < -0.39 is 0 Å². The van der Waals surface area contributed by atoms with Crippen molar-refractivity contribution in [3.8, 4) is 0 Å². The van der Waals surface area contributed by atoms with Gasteiger partial charge in [-0.3, -0.25) is 8.77 Å². The average molecular weight is 347 g/mol. The number of aryl methyl sites for hydroxylation is 1. The fraction of sp³-hybridized carbons (Fsp3) is 0.0500. The molecule has 0 radical (unpaired) electrons. The van der Waals surface area contributed by atoms with E-state index >= 15 is 0 Å². The van der Waals surface area contributed by atoms with Crippen LogP contribution < -0.4 is 5.32 Å². The smallest absolute Gasteiger partial charge is 0.257 e. The van der Waals surface area contributed by atoms with Gasteiger partial charge in [-0.1, -0.05) is 17.7 Å². The molecule has 0 aliphatic carbocycles. The van der Waals surface area contributed by atoms with Crippen LogP contribution in [0.3, 0.4) is 0 Å². The molecule has 2 N–H and O–H groups in total. The summed E-state index contributed by atoms with van der Waals surface area (Å²) in [4.78, 5) is 16.7. The molecule has 5 heteroatoms. The maximum absolute atomic E-state index is 12.4. The molecule has 0 spiro atoms. The molecular weight excluding hydrogens is 330 g/mol. The lowest BCUT2D eigenvalue weighted by molar-refractivity contribution is 0.102. The van der Waals surface area contributed by atoms with Crippen molar-refractivity contribution in [2.24, 2.45) is 0 Å². The Morgan fingerprint density at radius 1 is 1.08 bits per heavy atom. The zero-order valence-electron chi connectivity index (χ0n) is 13.7. The number of nitrogens with zero attached hydrogens (tertiary/aromatic N) is 1. The number of benzene rings is 2. The van der Waals surface area contributed by atoms with Crippen LogP contribution in [0.2, 0.25) is 0 Å². The van der Waals surface area contributed by atoms with Gasteiger partial charge in [0.15, 0.2) is 0 Å². The molecule has 0 fully saturated rings. The van der Waals surface area contributed by atoms with Crippen LogP contribution in [-0.4, -0.2) is 14.9 Å². The van der Waals surface area contributed by atoms with Crippen LogP contribution in [0.15, 0.2) is 78.1 Å². The van der Waals surface area contributed by atoms with Crippen molar-refractivity contribution in [3.05, 3.63) is 84.3 Å². The number of aromatic nitrogens is 2. The van der Waals surface area contributed by atoms with Crippen molar-refractivity contribution >= 4 is 34.4 Å². The van der Waals surface area contributed by atoms with Crippen LogP contribution in [-0.2, 0) is 0 Å². The molecule has 4 rings (SSSR count). The van der Waals surface area contributed by atoms with E-state index in [1.165, 1.54) is 10.9 Å². The molecule has 2 heterocycles. The van der Waals surface area contributed by atoms with Crippen molar-refractivity contribution in [1.29, 1.82) is 0 Å². The number of hydrogen-bond donors (Lipinski definition) is 2. The second kappa shape index (κ2) is 6.53. The molecular formula is C20H17N3OS. The van der Waals surface area contributed by atoms with Crippen molar-refractivity contribution in [1.82, 2.24) is 8.96 Å². The minimum atomic E-state index is -0.107. The van der Waals surface area contributed by atoms with Crippen LogP contribution in [0, 0.1) is 6.92 Å². The van der Waals surface area contributed by atoms with Crippen molar-refractivity contribution in [2.75, 3.05) is 5.32 Å². The fourth-order valence-electron chi connectivity index (χ4n) is 2.62. The number of carbonyl (C=O) groups excluding carboxylic acids is 1. The molecule has 0 aliphatic rings. The summed E-state index contributed by atoms with van der Waals surface area (Å²) in [6.07, 6.45) is 5.67. The van der Waals surface area contributed by atoms with Crippen molar-refractivity contribution in [2.45, 2.75) is 11.8 Å². The van der Waals surface area contributed by atoms with Gasteiger partial charge < -0.3 is 10.3 Å². The van der Waals surface area contributed by atoms with E-state index in [1.54, 1.807) is 11.9 Å². The summed E-state index contributed by atoms with van der Waals surface area (Å²) in [6.45, 7) is 2.02. The lowest BCUT2D eigenvalue weighted by Gasteiger charge is -2.04. The maximum atomic E-state index is 12.4. The Labute approximate surface area is 150 Å². The van der Waals surface area contributed by atoms with Crippen LogP contribution in [0.5, 0.6) is 0 Å². The van der Waals surface area contributed by atoms with E-state index in [0.29, 0.717) is 5.56 Å². The van der Waals surface area contributed by atoms with Gasteiger partial charge in [0.2, 0.25) is 0 Å². The molecule has 2 aromatic carbocycles. The Kier molecular flexibility index (Phi) is 4.07. The first kappa shape index (κ1) is 15.6. The van der Waals surface area contributed by atoms with Crippen molar-refractivity contribution in [3.63, 3.8) is 0 Å². The summed E-state index contributed by atoms with van der Waals surface area (Å²) in [7, 11) is 0. The normalized spacial score (nSPS) is 10.9. The van der Waals surface area contributed by atoms with Crippen molar-refractivity contribution < 1.29 is 4.79 Å². The molecule has 25 heavy (non-hydrogen) atoms. The Balaban J connectivity index is 1.47. The lowest BCUT2D eigenvalue weighted by Crippen LogP contribution is -2.10. The molecule has 0 bridgehead atoms. The Morgan fingerprint density at radius 2 is 1.92 bits per heavy atom. The number of rotatable bonds is 4. The minimum Gasteiger partial charge on any atom is -0.361 e. The first-order valence-corrected chi connectivity index (χ1v) is 8.76. The Morgan fingerprint density at radius 3 is 2.76 bits per heavy atom. The van der Waals surface area contributed by atoms with E-state index in [0.717, 1.165) is 16.1 Å². The third-order valence-electron chi connectivity index (χ3n) is 3.97. The van der Waals surface area contributed by atoms with Gasteiger partial charge in [-0.05, 0) is 61.3 Å². The summed E-state index contributed by atoms with van der Waals surface area (Å²) in [6, 6.07) is 17.9. The quantitative estimate of drug-likeness (QED) is 0.540. The zero-order chi connectivity index (χ0) is 17.2. The third-order valence-corrected chi connectivity index (χ3v) is 4.88. The predicted molar refractivity (Wildman–Crippen MR) is 103 cm³/mol.